The largest absolute Gasteiger partial charge is 0.496 e. The summed E-state index contributed by atoms with van der Waals surface area (Å²) < 4.78 is 15.9. The van der Waals surface area contributed by atoms with Gasteiger partial charge in [0.2, 0.25) is 0 Å². The van der Waals surface area contributed by atoms with E-state index in [1.165, 1.54) is 0 Å². The molecule has 0 aliphatic rings. The number of anilines is 1. The van der Waals surface area contributed by atoms with Crippen LogP contribution in [0.2, 0.25) is 0 Å². The summed E-state index contributed by atoms with van der Waals surface area (Å²) in [5, 5.41) is 19.5. The number of hydrogen-bond donors (Lipinski definition) is 1. The Morgan fingerprint density at radius 1 is 1.00 bits per heavy atom. The zero-order chi connectivity index (χ0) is 15.9. The van der Waals surface area contributed by atoms with E-state index in [0.717, 1.165) is 5.56 Å². The van der Waals surface area contributed by atoms with E-state index in [1.807, 2.05) is 12.1 Å². The van der Waals surface area contributed by atoms with Crippen molar-refractivity contribution in [1.29, 1.82) is 5.26 Å². The highest BCUT2D eigenvalue weighted by molar-refractivity contribution is 5.52. The van der Waals surface area contributed by atoms with E-state index in [-0.39, 0.29) is 5.69 Å². The molecule has 0 atom stereocenters. The van der Waals surface area contributed by atoms with Crippen molar-refractivity contribution in [3.05, 3.63) is 35.5 Å². The van der Waals surface area contributed by atoms with E-state index in [0.29, 0.717) is 29.6 Å². The molecule has 0 aliphatic carbocycles. The van der Waals surface area contributed by atoms with Crippen molar-refractivity contribution >= 4 is 5.82 Å². The molecular weight excluding hydrogens is 284 g/mol. The molecule has 0 fully saturated rings. The number of ether oxygens (including phenoxy) is 3. The maximum Gasteiger partial charge on any atom is 0.164 e. The van der Waals surface area contributed by atoms with Gasteiger partial charge in [0, 0.05) is 18.2 Å². The van der Waals surface area contributed by atoms with Gasteiger partial charge in [-0.15, -0.1) is 10.2 Å². The van der Waals surface area contributed by atoms with Crippen molar-refractivity contribution in [2.75, 3.05) is 26.6 Å². The molecule has 2 aromatic rings. The highest BCUT2D eigenvalue weighted by Gasteiger charge is 2.11. The van der Waals surface area contributed by atoms with Crippen molar-refractivity contribution in [3.63, 3.8) is 0 Å². The van der Waals surface area contributed by atoms with E-state index in [9.17, 15) is 0 Å². The molecule has 0 saturated carbocycles. The van der Waals surface area contributed by atoms with Crippen LogP contribution >= 0.6 is 0 Å². The number of nitrogens with zero attached hydrogens (tertiary/aromatic N) is 3. The van der Waals surface area contributed by atoms with Crippen LogP contribution in [0.3, 0.4) is 0 Å². The van der Waals surface area contributed by atoms with Gasteiger partial charge in [-0.2, -0.15) is 5.26 Å². The molecule has 1 aromatic heterocycles. The van der Waals surface area contributed by atoms with Crippen LogP contribution in [-0.2, 0) is 6.54 Å². The van der Waals surface area contributed by atoms with Crippen molar-refractivity contribution in [2.24, 2.45) is 0 Å². The van der Waals surface area contributed by atoms with Crippen LogP contribution in [0.5, 0.6) is 17.2 Å². The minimum atomic E-state index is 0.272. The SMILES string of the molecule is COc1cc(OC)c(OC)cc1CNc1ccc(C#N)nn1. The molecule has 7 heteroatoms. The Kier molecular flexibility index (Phi) is 4.98. The van der Waals surface area contributed by atoms with Gasteiger partial charge < -0.3 is 19.5 Å². The predicted octanol–water partition coefficient (Wildman–Crippen LogP) is 1.99. The topological polar surface area (TPSA) is 89.3 Å². The highest BCUT2D eigenvalue weighted by Crippen LogP contribution is 2.34. The fourth-order valence-electron chi connectivity index (χ4n) is 1.90. The number of benzene rings is 1. The molecule has 0 spiro atoms. The molecule has 22 heavy (non-hydrogen) atoms. The molecule has 2 rings (SSSR count). The number of hydrogen-bond acceptors (Lipinski definition) is 7. The molecule has 0 radical (unpaired) electrons. The zero-order valence-corrected chi connectivity index (χ0v) is 12.6. The Morgan fingerprint density at radius 3 is 2.23 bits per heavy atom. The highest BCUT2D eigenvalue weighted by atomic mass is 16.5. The van der Waals surface area contributed by atoms with Gasteiger partial charge in [0.1, 0.15) is 17.6 Å². The summed E-state index contributed by atoms with van der Waals surface area (Å²) >= 11 is 0. The lowest BCUT2D eigenvalue weighted by Crippen LogP contribution is -2.05. The molecule has 1 heterocycles. The first-order valence-electron chi connectivity index (χ1n) is 6.48. The molecule has 0 amide bonds. The second kappa shape index (κ2) is 7.13. The third kappa shape index (κ3) is 3.35. The van der Waals surface area contributed by atoms with Crippen molar-refractivity contribution in [2.45, 2.75) is 6.54 Å². The summed E-state index contributed by atoms with van der Waals surface area (Å²) in [7, 11) is 4.74. The molecule has 0 saturated heterocycles. The molecule has 1 N–H and O–H groups in total. The van der Waals surface area contributed by atoms with Gasteiger partial charge in [-0.1, -0.05) is 0 Å². The summed E-state index contributed by atoms with van der Waals surface area (Å²) in [5.74, 6) is 2.45. The second-order valence-electron chi connectivity index (χ2n) is 4.29. The number of rotatable bonds is 6. The number of nitrogens with one attached hydrogen (secondary N) is 1. The molecule has 114 valence electrons. The minimum absolute atomic E-state index is 0.272. The maximum atomic E-state index is 8.70. The predicted molar refractivity (Wildman–Crippen MR) is 80.2 cm³/mol. The van der Waals surface area contributed by atoms with Crippen molar-refractivity contribution < 1.29 is 14.2 Å². The molecule has 0 bridgehead atoms. The summed E-state index contributed by atoms with van der Waals surface area (Å²) in [5.41, 5.74) is 1.15. The van der Waals surface area contributed by atoms with Gasteiger partial charge in [0.25, 0.3) is 0 Å². The van der Waals surface area contributed by atoms with Crippen LogP contribution in [0.1, 0.15) is 11.3 Å². The fourth-order valence-corrected chi connectivity index (χ4v) is 1.90. The van der Waals surface area contributed by atoms with Crippen LogP contribution in [0, 0.1) is 11.3 Å². The van der Waals surface area contributed by atoms with Crippen molar-refractivity contribution in [3.8, 4) is 23.3 Å². The Hall–Kier alpha value is -3.01. The summed E-state index contributed by atoms with van der Waals surface area (Å²) in [6.07, 6.45) is 0. The lowest BCUT2D eigenvalue weighted by Gasteiger charge is -2.14. The fraction of sp³-hybridized carbons (Fsp3) is 0.267. The minimum Gasteiger partial charge on any atom is -0.496 e. The van der Waals surface area contributed by atoms with Crippen LogP contribution in [0.15, 0.2) is 24.3 Å². The summed E-state index contributed by atoms with van der Waals surface area (Å²) in [4.78, 5) is 0. The Morgan fingerprint density at radius 2 is 1.68 bits per heavy atom. The van der Waals surface area contributed by atoms with E-state index < -0.39 is 0 Å². The molecular formula is C15H16N4O3. The summed E-state index contributed by atoms with van der Waals surface area (Å²) in [6.45, 7) is 0.462. The average Bonchev–Trinajstić information content (AvgIpc) is 2.59. The van der Waals surface area contributed by atoms with Crippen LogP contribution in [0.4, 0.5) is 5.82 Å². The first kappa shape index (κ1) is 15.4. The van der Waals surface area contributed by atoms with E-state index in [2.05, 4.69) is 15.5 Å². The smallest absolute Gasteiger partial charge is 0.164 e. The lowest BCUT2D eigenvalue weighted by molar-refractivity contribution is 0.347. The molecule has 0 unspecified atom stereocenters. The first-order valence-corrected chi connectivity index (χ1v) is 6.48. The molecule has 0 aliphatic heterocycles. The van der Waals surface area contributed by atoms with Crippen LogP contribution in [-0.4, -0.2) is 31.5 Å². The Balaban J connectivity index is 2.19. The van der Waals surface area contributed by atoms with Gasteiger partial charge in [0.15, 0.2) is 17.2 Å². The van der Waals surface area contributed by atoms with Gasteiger partial charge in [0.05, 0.1) is 21.3 Å². The zero-order valence-electron chi connectivity index (χ0n) is 12.6. The second-order valence-corrected chi connectivity index (χ2v) is 4.29. The van der Waals surface area contributed by atoms with Gasteiger partial charge >= 0.3 is 0 Å². The molecule has 7 nitrogen and oxygen atoms in total. The monoisotopic (exact) mass is 300 g/mol. The van der Waals surface area contributed by atoms with Crippen molar-refractivity contribution in [1.82, 2.24) is 10.2 Å². The van der Waals surface area contributed by atoms with E-state index in [1.54, 1.807) is 39.5 Å². The van der Waals surface area contributed by atoms with E-state index in [4.69, 9.17) is 19.5 Å². The van der Waals surface area contributed by atoms with Gasteiger partial charge in [-0.05, 0) is 18.2 Å². The maximum absolute atomic E-state index is 8.70. The quantitative estimate of drug-likeness (QED) is 0.872. The Labute approximate surface area is 128 Å². The normalized spacial score (nSPS) is 9.73. The van der Waals surface area contributed by atoms with Gasteiger partial charge in [-0.25, -0.2) is 0 Å². The summed E-state index contributed by atoms with van der Waals surface area (Å²) in [6, 6.07) is 8.81. The number of aromatic nitrogens is 2. The van der Waals surface area contributed by atoms with Gasteiger partial charge in [-0.3, -0.25) is 0 Å². The first-order chi connectivity index (χ1) is 10.7. The average molecular weight is 300 g/mol. The number of nitriles is 1. The third-order valence-corrected chi connectivity index (χ3v) is 3.03. The lowest BCUT2D eigenvalue weighted by atomic mass is 10.1. The number of methoxy groups -OCH3 is 3. The molecule has 1 aromatic carbocycles. The van der Waals surface area contributed by atoms with E-state index >= 15 is 0 Å². The van der Waals surface area contributed by atoms with Crippen LogP contribution < -0.4 is 19.5 Å². The standard InChI is InChI=1S/C15H16N4O3/c1-20-12-7-14(22-3)13(21-2)6-10(12)9-17-15-5-4-11(8-16)18-19-15/h4-7H,9H2,1-3H3,(H,17,19). The van der Waals surface area contributed by atoms with Crippen LogP contribution in [0.25, 0.3) is 0 Å². The third-order valence-electron chi connectivity index (χ3n) is 3.03. The Bertz CT molecular complexity index is 680.